The minimum Gasteiger partial charge on any atom is -0.477 e. The van der Waals surface area contributed by atoms with Crippen molar-refractivity contribution in [2.75, 3.05) is 6.54 Å². The summed E-state index contributed by atoms with van der Waals surface area (Å²) in [5, 5.41) is 13.1. The lowest BCUT2D eigenvalue weighted by atomic mass is 10.3. The summed E-state index contributed by atoms with van der Waals surface area (Å²) in [5.74, 6) is -1.11. The van der Waals surface area contributed by atoms with Crippen LogP contribution in [0.5, 0.6) is 0 Å². The lowest BCUT2D eigenvalue weighted by Crippen LogP contribution is -2.35. The molecular formula is C6H8N2O3. The van der Waals surface area contributed by atoms with E-state index in [-0.39, 0.29) is 5.70 Å². The molecule has 60 valence electrons. The first-order valence-electron chi connectivity index (χ1n) is 3.18. The average molecular weight is 156 g/mol. The van der Waals surface area contributed by atoms with Crippen molar-refractivity contribution in [1.82, 2.24) is 10.6 Å². The zero-order chi connectivity index (χ0) is 8.27. The summed E-state index contributed by atoms with van der Waals surface area (Å²) in [4.78, 5) is 21.0. The highest BCUT2D eigenvalue weighted by atomic mass is 16.4. The fourth-order valence-electron chi connectivity index (χ4n) is 0.761. The number of nitrogens with one attached hydrogen (secondary N) is 2. The quantitative estimate of drug-likeness (QED) is 0.486. The topological polar surface area (TPSA) is 78.4 Å². The van der Waals surface area contributed by atoms with Crippen LogP contribution in [-0.2, 0) is 4.79 Å². The van der Waals surface area contributed by atoms with Crippen molar-refractivity contribution in [2.24, 2.45) is 0 Å². The van der Waals surface area contributed by atoms with Gasteiger partial charge in [0, 0.05) is 6.54 Å². The monoisotopic (exact) mass is 156 g/mol. The lowest BCUT2D eigenvalue weighted by Gasteiger charge is -2.00. The van der Waals surface area contributed by atoms with Crippen LogP contribution in [-0.4, -0.2) is 23.7 Å². The highest BCUT2D eigenvalue weighted by Gasteiger charge is 2.12. The van der Waals surface area contributed by atoms with Gasteiger partial charge >= 0.3 is 12.0 Å². The number of aliphatic carboxylic acids is 1. The highest BCUT2D eigenvalue weighted by Crippen LogP contribution is 1.95. The molecule has 1 rings (SSSR count). The highest BCUT2D eigenvalue weighted by molar-refractivity contribution is 5.92. The summed E-state index contributed by atoms with van der Waals surface area (Å²) in [5.41, 5.74) is -0.0556. The van der Waals surface area contributed by atoms with Crippen LogP contribution in [0.4, 0.5) is 4.79 Å². The number of rotatable bonds is 1. The van der Waals surface area contributed by atoms with E-state index in [4.69, 9.17) is 5.11 Å². The van der Waals surface area contributed by atoms with Gasteiger partial charge in [-0.05, 0) is 6.42 Å². The molecule has 0 aromatic heterocycles. The number of hydrogen-bond donors (Lipinski definition) is 3. The Morgan fingerprint density at radius 2 is 2.36 bits per heavy atom. The Kier molecular flexibility index (Phi) is 2.10. The van der Waals surface area contributed by atoms with Crippen LogP contribution in [0.2, 0.25) is 0 Å². The van der Waals surface area contributed by atoms with Crippen molar-refractivity contribution >= 4 is 12.0 Å². The molecule has 0 radical (unpaired) electrons. The number of hydrogen-bond acceptors (Lipinski definition) is 2. The van der Waals surface area contributed by atoms with E-state index in [9.17, 15) is 9.59 Å². The maximum Gasteiger partial charge on any atom is 0.352 e. The molecule has 0 unspecified atom stereocenters. The Balaban J connectivity index is 2.69. The zero-order valence-electron chi connectivity index (χ0n) is 5.76. The van der Waals surface area contributed by atoms with E-state index in [0.717, 1.165) is 0 Å². The third kappa shape index (κ3) is 1.96. The minimum absolute atomic E-state index is 0.0556. The van der Waals surface area contributed by atoms with E-state index in [0.29, 0.717) is 13.0 Å². The number of carboxylic acid groups (broad SMARTS) is 1. The molecule has 3 N–H and O–H groups in total. The van der Waals surface area contributed by atoms with Crippen LogP contribution in [0.15, 0.2) is 11.8 Å². The molecule has 1 heterocycles. The third-order valence-corrected chi connectivity index (χ3v) is 1.26. The van der Waals surface area contributed by atoms with Crippen molar-refractivity contribution in [3.05, 3.63) is 11.8 Å². The number of carbonyl (C=O) groups excluding carboxylic acids is 1. The van der Waals surface area contributed by atoms with Crippen LogP contribution in [0.25, 0.3) is 0 Å². The molecule has 0 aliphatic carbocycles. The van der Waals surface area contributed by atoms with Crippen LogP contribution in [0.3, 0.4) is 0 Å². The summed E-state index contributed by atoms with van der Waals surface area (Å²) in [6.45, 7) is 0.475. The maximum atomic E-state index is 10.7. The molecule has 0 spiro atoms. The molecule has 0 aromatic carbocycles. The van der Waals surface area contributed by atoms with Gasteiger partial charge in [-0.2, -0.15) is 0 Å². The second kappa shape index (κ2) is 3.05. The molecule has 0 saturated heterocycles. The molecule has 5 heteroatoms. The van der Waals surface area contributed by atoms with Crippen molar-refractivity contribution in [3.8, 4) is 0 Å². The number of amides is 2. The summed E-state index contributed by atoms with van der Waals surface area (Å²) in [6.07, 6.45) is 2.01. The summed E-state index contributed by atoms with van der Waals surface area (Å²) < 4.78 is 0. The lowest BCUT2D eigenvalue weighted by molar-refractivity contribution is -0.133. The molecule has 11 heavy (non-hydrogen) atoms. The molecule has 0 aromatic rings. The second-order valence-corrected chi connectivity index (χ2v) is 2.09. The molecule has 1 aliphatic heterocycles. The van der Waals surface area contributed by atoms with Gasteiger partial charge in [0.2, 0.25) is 0 Å². The zero-order valence-corrected chi connectivity index (χ0v) is 5.76. The molecule has 0 atom stereocenters. The normalized spacial score (nSPS) is 17.5. The molecular weight excluding hydrogens is 148 g/mol. The van der Waals surface area contributed by atoms with E-state index in [2.05, 4.69) is 10.6 Å². The van der Waals surface area contributed by atoms with E-state index < -0.39 is 12.0 Å². The Morgan fingerprint density at radius 1 is 1.64 bits per heavy atom. The van der Waals surface area contributed by atoms with Gasteiger partial charge in [0.15, 0.2) is 0 Å². The van der Waals surface area contributed by atoms with Gasteiger partial charge < -0.3 is 15.7 Å². The second-order valence-electron chi connectivity index (χ2n) is 2.09. The first-order valence-corrected chi connectivity index (χ1v) is 3.18. The van der Waals surface area contributed by atoms with E-state index in [1.165, 1.54) is 6.08 Å². The van der Waals surface area contributed by atoms with Gasteiger partial charge in [0.25, 0.3) is 0 Å². The van der Waals surface area contributed by atoms with E-state index in [1.807, 2.05) is 0 Å². The minimum atomic E-state index is -1.11. The Labute approximate surface area is 63.1 Å². The van der Waals surface area contributed by atoms with Crippen molar-refractivity contribution in [3.63, 3.8) is 0 Å². The predicted molar refractivity (Wildman–Crippen MR) is 36.9 cm³/mol. The van der Waals surface area contributed by atoms with Crippen LogP contribution in [0.1, 0.15) is 6.42 Å². The number of carboxylic acids is 1. The Morgan fingerprint density at radius 3 is 3.00 bits per heavy atom. The van der Waals surface area contributed by atoms with E-state index >= 15 is 0 Å². The Bertz CT molecular complexity index is 222. The molecule has 2 amide bonds. The first kappa shape index (κ1) is 7.59. The Hall–Kier alpha value is -1.52. The van der Waals surface area contributed by atoms with Crippen LogP contribution < -0.4 is 10.6 Å². The van der Waals surface area contributed by atoms with Gasteiger partial charge in [-0.1, -0.05) is 6.08 Å². The summed E-state index contributed by atoms with van der Waals surface area (Å²) in [6, 6.07) is -0.462. The predicted octanol–water partition coefficient (Wildman–Crippen LogP) is -0.342. The fraction of sp³-hybridized carbons (Fsp3) is 0.333. The number of carbonyl (C=O) groups is 2. The van der Waals surface area contributed by atoms with Crippen LogP contribution >= 0.6 is 0 Å². The molecule has 1 aliphatic rings. The third-order valence-electron chi connectivity index (χ3n) is 1.26. The van der Waals surface area contributed by atoms with Gasteiger partial charge in [-0.15, -0.1) is 0 Å². The van der Waals surface area contributed by atoms with E-state index in [1.54, 1.807) is 0 Å². The molecule has 0 fully saturated rings. The van der Waals surface area contributed by atoms with Crippen molar-refractivity contribution in [1.29, 1.82) is 0 Å². The van der Waals surface area contributed by atoms with Gasteiger partial charge in [-0.25, -0.2) is 9.59 Å². The SMILES string of the molecule is O=C1NCCC=C(C(=O)O)N1. The van der Waals surface area contributed by atoms with Crippen LogP contribution in [0, 0.1) is 0 Å². The van der Waals surface area contributed by atoms with Crippen molar-refractivity contribution in [2.45, 2.75) is 6.42 Å². The first-order chi connectivity index (χ1) is 5.20. The van der Waals surface area contributed by atoms with Gasteiger partial charge in [0.05, 0.1) is 0 Å². The molecule has 5 nitrogen and oxygen atoms in total. The largest absolute Gasteiger partial charge is 0.477 e. The van der Waals surface area contributed by atoms with Crippen molar-refractivity contribution < 1.29 is 14.7 Å². The standard InChI is InChI=1S/C6H8N2O3/c9-5(10)4-2-1-3-7-6(11)8-4/h2H,1,3H2,(H,9,10)(H2,7,8,11). The molecule has 0 bridgehead atoms. The molecule has 0 saturated carbocycles. The number of urea groups is 1. The van der Waals surface area contributed by atoms with Gasteiger partial charge in [-0.3, -0.25) is 0 Å². The maximum absolute atomic E-state index is 10.7. The summed E-state index contributed by atoms with van der Waals surface area (Å²) >= 11 is 0. The van der Waals surface area contributed by atoms with Gasteiger partial charge in [0.1, 0.15) is 5.70 Å². The summed E-state index contributed by atoms with van der Waals surface area (Å²) in [7, 11) is 0. The average Bonchev–Trinajstić information content (AvgIpc) is 2.13. The smallest absolute Gasteiger partial charge is 0.352 e. The fourth-order valence-corrected chi connectivity index (χ4v) is 0.761.